The third-order valence-corrected chi connectivity index (χ3v) is 5.65. The third kappa shape index (κ3) is 4.60. The van der Waals surface area contributed by atoms with Crippen LogP contribution in [0.4, 0.5) is 9.18 Å². The van der Waals surface area contributed by atoms with Crippen LogP contribution in [0.15, 0.2) is 48.5 Å². The van der Waals surface area contributed by atoms with E-state index in [2.05, 4.69) is 31.4 Å². The lowest BCUT2D eigenvalue weighted by atomic mass is 9.84. The molecule has 4 amide bonds. The van der Waals surface area contributed by atoms with Gasteiger partial charge in [0.2, 0.25) is 5.91 Å². The van der Waals surface area contributed by atoms with Gasteiger partial charge in [0, 0.05) is 0 Å². The summed E-state index contributed by atoms with van der Waals surface area (Å²) in [7, 11) is 0. The van der Waals surface area contributed by atoms with E-state index in [1.807, 2.05) is 24.3 Å². The summed E-state index contributed by atoms with van der Waals surface area (Å²) in [6.07, 6.45) is 0. The van der Waals surface area contributed by atoms with E-state index in [1.165, 1.54) is 12.1 Å². The van der Waals surface area contributed by atoms with Crippen LogP contribution in [-0.2, 0) is 20.5 Å². The van der Waals surface area contributed by atoms with Gasteiger partial charge in [-0.15, -0.1) is 0 Å². The van der Waals surface area contributed by atoms with Gasteiger partial charge in [-0.3, -0.25) is 14.5 Å². The van der Waals surface area contributed by atoms with Crippen molar-refractivity contribution in [2.24, 2.45) is 0 Å². The van der Waals surface area contributed by atoms with E-state index in [0.717, 1.165) is 16.0 Å². The average Bonchev–Trinajstić information content (AvgIpc) is 2.92. The Kier molecular flexibility index (Phi) is 5.89. The number of imide groups is 1. The molecule has 2 N–H and O–H groups in total. The average molecular weight is 426 g/mol. The molecule has 3 rings (SSSR count). The summed E-state index contributed by atoms with van der Waals surface area (Å²) in [4.78, 5) is 39.0. The number of carbonyl (C=O) groups excluding carboxylic acids is 3. The Bertz CT molecular complexity index is 996. The second kappa shape index (κ2) is 8.13. The molecule has 0 radical (unpaired) electrons. The smallest absolute Gasteiger partial charge is 0.325 e. The van der Waals surface area contributed by atoms with Gasteiger partial charge in [-0.2, -0.15) is 0 Å². The fourth-order valence-corrected chi connectivity index (χ4v) is 3.61. The molecule has 0 aromatic heterocycles. The molecule has 7 heteroatoms. The molecule has 0 spiro atoms. The maximum atomic E-state index is 13.1. The van der Waals surface area contributed by atoms with Crippen molar-refractivity contribution < 1.29 is 18.8 Å². The van der Waals surface area contributed by atoms with Crippen molar-refractivity contribution in [1.82, 2.24) is 15.5 Å². The largest absolute Gasteiger partial charge is 0.348 e. The summed E-state index contributed by atoms with van der Waals surface area (Å²) in [6.45, 7) is 9.28. The molecule has 2 atom stereocenters. The Hall–Kier alpha value is -3.22. The summed E-state index contributed by atoms with van der Waals surface area (Å²) in [5, 5.41) is 5.46. The molecule has 164 valence electrons. The molecule has 2 aromatic rings. The van der Waals surface area contributed by atoms with Crippen LogP contribution in [0.5, 0.6) is 0 Å². The fourth-order valence-electron chi connectivity index (χ4n) is 3.61. The lowest BCUT2D eigenvalue weighted by molar-refractivity contribution is -0.135. The van der Waals surface area contributed by atoms with E-state index in [0.29, 0.717) is 5.56 Å². The number of benzene rings is 2. The van der Waals surface area contributed by atoms with Crippen LogP contribution in [0.25, 0.3) is 0 Å². The number of hydrogen-bond donors (Lipinski definition) is 2. The van der Waals surface area contributed by atoms with Gasteiger partial charge in [0.1, 0.15) is 17.9 Å². The molecule has 2 aromatic carbocycles. The Morgan fingerprint density at radius 2 is 1.68 bits per heavy atom. The number of urea groups is 1. The first-order chi connectivity index (χ1) is 14.4. The van der Waals surface area contributed by atoms with Crippen LogP contribution in [-0.4, -0.2) is 29.3 Å². The molecule has 1 fully saturated rings. The van der Waals surface area contributed by atoms with Crippen molar-refractivity contribution in [3.8, 4) is 0 Å². The minimum Gasteiger partial charge on any atom is -0.348 e. The number of amides is 4. The van der Waals surface area contributed by atoms with E-state index in [9.17, 15) is 18.8 Å². The van der Waals surface area contributed by atoms with Crippen LogP contribution in [0.2, 0.25) is 0 Å². The minimum atomic E-state index is -1.24. The van der Waals surface area contributed by atoms with Gasteiger partial charge in [-0.05, 0) is 48.1 Å². The summed E-state index contributed by atoms with van der Waals surface area (Å²) in [5.74, 6) is -1.32. The zero-order chi connectivity index (χ0) is 23.0. The SMILES string of the molecule is CC(NC(=O)CN1C(=O)NC(C)(c2ccc(C(C)(C)C)cc2)C1=O)c1ccc(F)cc1. The van der Waals surface area contributed by atoms with Gasteiger partial charge in [0.25, 0.3) is 5.91 Å². The maximum absolute atomic E-state index is 13.1. The standard InChI is InChI=1S/C24H28FN3O3/c1-15(16-6-12-19(25)13-7-16)26-20(29)14-28-21(30)24(5,27-22(28)31)18-10-8-17(9-11-18)23(2,3)4/h6-13,15H,14H2,1-5H3,(H,26,29)(H,27,31). The Labute approximate surface area is 181 Å². The van der Waals surface area contributed by atoms with E-state index in [-0.39, 0.29) is 11.2 Å². The normalized spacial score (nSPS) is 19.9. The first-order valence-corrected chi connectivity index (χ1v) is 10.2. The topological polar surface area (TPSA) is 78.5 Å². The Morgan fingerprint density at radius 1 is 1.10 bits per heavy atom. The van der Waals surface area contributed by atoms with Crippen LogP contribution in [0, 0.1) is 5.82 Å². The number of halogens is 1. The molecular weight excluding hydrogens is 397 g/mol. The van der Waals surface area contributed by atoms with Crippen molar-refractivity contribution in [2.45, 2.75) is 51.6 Å². The highest BCUT2D eigenvalue weighted by atomic mass is 19.1. The fraction of sp³-hybridized carbons (Fsp3) is 0.375. The molecule has 1 aliphatic rings. The Morgan fingerprint density at radius 3 is 2.23 bits per heavy atom. The molecule has 6 nitrogen and oxygen atoms in total. The summed E-state index contributed by atoms with van der Waals surface area (Å²) in [5.41, 5.74) is 1.21. The zero-order valence-corrected chi connectivity index (χ0v) is 18.5. The number of rotatable bonds is 5. The number of nitrogens with zero attached hydrogens (tertiary/aromatic N) is 1. The molecule has 2 unspecified atom stereocenters. The maximum Gasteiger partial charge on any atom is 0.325 e. The molecule has 1 heterocycles. The van der Waals surface area contributed by atoms with E-state index < -0.39 is 36.0 Å². The van der Waals surface area contributed by atoms with Crippen LogP contribution >= 0.6 is 0 Å². The van der Waals surface area contributed by atoms with Gasteiger partial charge < -0.3 is 10.6 Å². The summed E-state index contributed by atoms with van der Waals surface area (Å²) >= 11 is 0. The van der Waals surface area contributed by atoms with Gasteiger partial charge in [0.05, 0.1) is 6.04 Å². The third-order valence-electron chi connectivity index (χ3n) is 5.65. The predicted octanol–water partition coefficient (Wildman–Crippen LogP) is 3.77. The van der Waals surface area contributed by atoms with Crippen LogP contribution in [0.3, 0.4) is 0 Å². The molecule has 0 saturated carbocycles. The van der Waals surface area contributed by atoms with Gasteiger partial charge in [0.15, 0.2) is 0 Å². The summed E-state index contributed by atoms with van der Waals surface area (Å²) < 4.78 is 13.1. The predicted molar refractivity (Wildman–Crippen MR) is 116 cm³/mol. The van der Waals surface area contributed by atoms with Crippen LogP contribution < -0.4 is 10.6 Å². The second-order valence-corrected chi connectivity index (χ2v) is 9.11. The van der Waals surface area contributed by atoms with E-state index in [4.69, 9.17) is 0 Å². The van der Waals surface area contributed by atoms with Crippen molar-refractivity contribution in [2.75, 3.05) is 6.54 Å². The molecule has 0 aliphatic carbocycles. The van der Waals surface area contributed by atoms with Crippen LogP contribution in [0.1, 0.15) is 57.4 Å². The van der Waals surface area contributed by atoms with E-state index >= 15 is 0 Å². The molecule has 1 saturated heterocycles. The molecule has 31 heavy (non-hydrogen) atoms. The van der Waals surface area contributed by atoms with Crippen molar-refractivity contribution in [1.29, 1.82) is 0 Å². The quantitative estimate of drug-likeness (QED) is 0.716. The molecular formula is C24H28FN3O3. The lowest BCUT2D eigenvalue weighted by Crippen LogP contribution is -2.43. The highest BCUT2D eigenvalue weighted by Crippen LogP contribution is 2.31. The van der Waals surface area contributed by atoms with Crippen molar-refractivity contribution in [3.63, 3.8) is 0 Å². The lowest BCUT2D eigenvalue weighted by Gasteiger charge is -2.24. The summed E-state index contributed by atoms with van der Waals surface area (Å²) in [6, 6.07) is 12.3. The van der Waals surface area contributed by atoms with Gasteiger partial charge >= 0.3 is 6.03 Å². The number of hydrogen-bond acceptors (Lipinski definition) is 3. The number of nitrogens with one attached hydrogen (secondary N) is 2. The first kappa shape index (κ1) is 22.5. The Balaban J connectivity index is 1.70. The minimum absolute atomic E-state index is 0.0340. The van der Waals surface area contributed by atoms with Gasteiger partial charge in [-0.25, -0.2) is 9.18 Å². The van der Waals surface area contributed by atoms with E-state index in [1.54, 1.807) is 26.0 Å². The highest BCUT2D eigenvalue weighted by Gasteiger charge is 2.49. The monoisotopic (exact) mass is 425 g/mol. The number of carbonyl (C=O) groups is 3. The van der Waals surface area contributed by atoms with Crippen molar-refractivity contribution in [3.05, 3.63) is 71.0 Å². The first-order valence-electron chi connectivity index (χ1n) is 10.2. The molecule has 1 aliphatic heterocycles. The molecule has 0 bridgehead atoms. The zero-order valence-electron chi connectivity index (χ0n) is 18.5. The van der Waals surface area contributed by atoms with Crippen molar-refractivity contribution >= 4 is 17.8 Å². The highest BCUT2D eigenvalue weighted by molar-refractivity contribution is 6.09. The second-order valence-electron chi connectivity index (χ2n) is 9.11. The van der Waals surface area contributed by atoms with Gasteiger partial charge in [-0.1, -0.05) is 57.2 Å².